The molecule has 2 atom stereocenters. The summed E-state index contributed by atoms with van der Waals surface area (Å²) < 4.78 is 0.881. The Kier molecular flexibility index (Phi) is 6.47. The predicted molar refractivity (Wildman–Crippen MR) is 80.2 cm³/mol. The number of hydrogen-bond donors (Lipinski definition) is 3. The minimum absolute atomic E-state index is 0.204. The van der Waals surface area contributed by atoms with Crippen molar-refractivity contribution in [2.24, 2.45) is 11.7 Å². The van der Waals surface area contributed by atoms with E-state index in [1.54, 1.807) is 19.1 Å². The monoisotopic (exact) mass is 347 g/mol. The second kappa shape index (κ2) is 7.62. The van der Waals surface area contributed by atoms with Crippen molar-refractivity contribution < 1.29 is 9.59 Å². The third-order valence-electron chi connectivity index (χ3n) is 2.57. The molecule has 0 saturated carbocycles. The highest BCUT2D eigenvalue weighted by molar-refractivity contribution is 9.11. The van der Waals surface area contributed by atoms with Crippen molar-refractivity contribution >= 4 is 39.1 Å². The molecule has 2 unspecified atom stereocenters. The zero-order chi connectivity index (χ0) is 14.4. The maximum Gasteiger partial charge on any atom is 0.262 e. The molecule has 4 N–H and O–H groups in total. The summed E-state index contributed by atoms with van der Waals surface area (Å²) in [7, 11) is 0. The number of carbonyl (C=O) groups excluding carboxylic acids is 2. The first-order valence-corrected chi connectivity index (χ1v) is 7.59. The van der Waals surface area contributed by atoms with Crippen LogP contribution >= 0.6 is 27.3 Å². The summed E-state index contributed by atoms with van der Waals surface area (Å²) in [5, 5.41) is 5.41. The maximum absolute atomic E-state index is 11.8. The van der Waals surface area contributed by atoms with Crippen LogP contribution in [0.15, 0.2) is 15.9 Å². The molecule has 106 valence electrons. The Morgan fingerprint density at radius 1 is 1.42 bits per heavy atom. The van der Waals surface area contributed by atoms with E-state index in [0.29, 0.717) is 18.0 Å². The quantitative estimate of drug-likeness (QED) is 0.725. The summed E-state index contributed by atoms with van der Waals surface area (Å²) in [6.45, 7) is 4.64. The van der Waals surface area contributed by atoms with Gasteiger partial charge in [-0.3, -0.25) is 9.59 Å². The van der Waals surface area contributed by atoms with Crippen molar-refractivity contribution in [2.75, 3.05) is 13.1 Å². The summed E-state index contributed by atoms with van der Waals surface area (Å²) in [4.78, 5) is 24.2. The molecule has 1 heterocycles. The number of nitrogens with two attached hydrogens (primary N) is 1. The van der Waals surface area contributed by atoms with Crippen molar-refractivity contribution in [3.05, 3.63) is 20.8 Å². The van der Waals surface area contributed by atoms with E-state index in [9.17, 15) is 9.59 Å². The number of rotatable bonds is 6. The molecule has 0 bridgehead atoms. The molecule has 19 heavy (non-hydrogen) atoms. The van der Waals surface area contributed by atoms with Gasteiger partial charge in [-0.2, -0.15) is 0 Å². The lowest BCUT2D eigenvalue weighted by Crippen LogP contribution is -2.46. The Bertz CT molecular complexity index is 450. The third kappa shape index (κ3) is 5.30. The SMILES string of the molecule is CC(CN)CNC(=O)C(C)NC(=O)c1ccc(Br)s1. The number of hydrogen-bond acceptors (Lipinski definition) is 4. The Balaban J connectivity index is 2.43. The van der Waals surface area contributed by atoms with E-state index in [1.807, 2.05) is 6.92 Å². The molecule has 1 aromatic heterocycles. The third-order valence-corrected chi connectivity index (χ3v) is 4.19. The molecular formula is C12H18BrN3O2S. The largest absolute Gasteiger partial charge is 0.354 e. The number of halogens is 1. The summed E-state index contributed by atoms with van der Waals surface area (Å²) in [5.41, 5.74) is 5.47. The van der Waals surface area contributed by atoms with Crippen LogP contribution in [0.4, 0.5) is 0 Å². The van der Waals surface area contributed by atoms with E-state index in [1.165, 1.54) is 11.3 Å². The fraction of sp³-hybridized carbons (Fsp3) is 0.500. The van der Waals surface area contributed by atoms with Crippen LogP contribution in [0.2, 0.25) is 0 Å². The van der Waals surface area contributed by atoms with Crippen LogP contribution in [0.25, 0.3) is 0 Å². The fourth-order valence-electron chi connectivity index (χ4n) is 1.28. The van der Waals surface area contributed by atoms with Crippen LogP contribution in [0.1, 0.15) is 23.5 Å². The standard InChI is InChI=1S/C12H18BrN3O2S/c1-7(5-14)6-15-11(17)8(2)16-12(18)9-3-4-10(13)19-9/h3-4,7-8H,5-6,14H2,1-2H3,(H,15,17)(H,16,18). The molecule has 0 aliphatic carbocycles. The Hall–Kier alpha value is -0.920. The highest BCUT2D eigenvalue weighted by atomic mass is 79.9. The maximum atomic E-state index is 11.8. The number of carbonyl (C=O) groups is 2. The molecule has 2 amide bonds. The fourth-order valence-corrected chi connectivity index (χ4v) is 2.57. The molecule has 5 nitrogen and oxygen atoms in total. The van der Waals surface area contributed by atoms with E-state index in [2.05, 4.69) is 26.6 Å². The van der Waals surface area contributed by atoms with E-state index in [4.69, 9.17) is 5.73 Å². The van der Waals surface area contributed by atoms with E-state index >= 15 is 0 Å². The molecule has 0 aromatic carbocycles. The molecule has 0 saturated heterocycles. The van der Waals surface area contributed by atoms with E-state index in [0.717, 1.165) is 3.79 Å². The van der Waals surface area contributed by atoms with Crippen LogP contribution in [-0.2, 0) is 4.79 Å². The second-order valence-electron chi connectivity index (χ2n) is 4.38. The molecule has 0 radical (unpaired) electrons. The van der Waals surface area contributed by atoms with Gasteiger partial charge in [-0.1, -0.05) is 6.92 Å². The minimum atomic E-state index is -0.571. The van der Waals surface area contributed by atoms with E-state index < -0.39 is 6.04 Å². The van der Waals surface area contributed by atoms with Crippen LogP contribution in [0.3, 0.4) is 0 Å². The number of thiophene rings is 1. The van der Waals surface area contributed by atoms with Crippen molar-refractivity contribution in [1.29, 1.82) is 0 Å². The zero-order valence-corrected chi connectivity index (χ0v) is 13.3. The average Bonchev–Trinajstić information content (AvgIpc) is 2.82. The highest BCUT2D eigenvalue weighted by Crippen LogP contribution is 2.21. The lowest BCUT2D eigenvalue weighted by atomic mass is 10.2. The molecule has 1 aromatic rings. The van der Waals surface area contributed by atoms with Gasteiger partial charge in [-0.25, -0.2) is 0 Å². The van der Waals surface area contributed by atoms with Gasteiger partial charge in [0.1, 0.15) is 6.04 Å². The van der Waals surface area contributed by atoms with Crippen LogP contribution in [0, 0.1) is 5.92 Å². The lowest BCUT2D eigenvalue weighted by Gasteiger charge is -2.15. The first-order chi connectivity index (χ1) is 8.93. The minimum Gasteiger partial charge on any atom is -0.354 e. The Morgan fingerprint density at radius 2 is 2.11 bits per heavy atom. The van der Waals surface area contributed by atoms with E-state index in [-0.39, 0.29) is 17.7 Å². The average molecular weight is 348 g/mol. The van der Waals surface area contributed by atoms with Crippen LogP contribution < -0.4 is 16.4 Å². The lowest BCUT2D eigenvalue weighted by molar-refractivity contribution is -0.122. The topological polar surface area (TPSA) is 84.2 Å². The molecule has 0 fully saturated rings. The first-order valence-electron chi connectivity index (χ1n) is 5.98. The van der Waals surface area contributed by atoms with Crippen molar-refractivity contribution in [3.8, 4) is 0 Å². The normalized spacial score (nSPS) is 13.7. The van der Waals surface area contributed by atoms with Gasteiger partial charge in [-0.05, 0) is 47.4 Å². The molecule has 0 spiro atoms. The number of nitrogens with one attached hydrogen (secondary N) is 2. The van der Waals surface area contributed by atoms with Crippen molar-refractivity contribution in [3.63, 3.8) is 0 Å². The summed E-state index contributed by atoms with van der Waals surface area (Å²) in [6.07, 6.45) is 0. The summed E-state index contributed by atoms with van der Waals surface area (Å²) >= 11 is 4.62. The Morgan fingerprint density at radius 3 is 2.63 bits per heavy atom. The van der Waals surface area contributed by atoms with Gasteiger partial charge >= 0.3 is 0 Å². The highest BCUT2D eigenvalue weighted by Gasteiger charge is 2.17. The second-order valence-corrected chi connectivity index (χ2v) is 6.85. The predicted octanol–water partition coefficient (Wildman–Crippen LogP) is 1.34. The van der Waals surface area contributed by atoms with Gasteiger partial charge in [0.15, 0.2) is 0 Å². The summed E-state index contributed by atoms with van der Waals surface area (Å²) in [6, 6.07) is 2.94. The molecule has 1 rings (SSSR count). The molecule has 0 aliphatic rings. The smallest absolute Gasteiger partial charge is 0.262 e. The van der Waals surface area contributed by atoms with Gasteiger partial charge in [0.05, 0.1) is 8.66 Å². The van der Waals surface area contributed by atoms with Crippen molar-refractivity contribution in [1.82, 2.24) is 10.6 Å². The zero-order valence-electron chi connectivity index (χ0n) is 10.9. The van der Waals surface area contributed by atoms with Gasteiger partial charge in [0, 0.05) is 6.54 Å². The first kappa shape index (κ1) is 16.1. The van der Waals surface area contributed by atoms with Gasteiger partial charge in [0.25, 0.3) is 5.91 Å². The van der Waals surface area contributed by atoms with Gasteiger partial charge < -0.3 is 16.4 Å². The Labute approximate surface area is 125 Å². The van der Waals surface area contributed by atoms with Gasteiger partial charge in [0.2, 0.25) is 5.91 Å². The molecular weight excluding hydrogens is 330 g/mol. The molecule has 7 heteroatoms. The molecule has 0 aliphatic heterocycles. The van der Waals surface area contributed by atoms with Crippen molar-refractivity contribution in [2.45, 2.75) is 19.9 Å². The summed E-state index contributed by atoms with van der Waals surface area (Å²) in [5.74, 6) is -0.227. The van der Waals surface area contributed by atoms with Gasteiger partial charge in [-0.15, -0.1) is 11.3 Å². The van der Waals surface area contributed by atoms with Crippen LogP contribution in [0.5, 0.6) is 0 Å². The number of amides is 2. The van der Waals surface area contributed by atoms with Crippen LogP contribution in [-0.4, -0.2) is 30.9 Å².